The average Bonchev–Trinajstić information content (AvgIpc) is 3.31. The smallest absolute Gasteiger partial charge is 0.341 e. The van der Waals surface area contributed by atoms with Crippen molar-refractivity contribution in [2.75, 3.05) is 13.1 Å². The zero-order valence-corrected chi connectivity index (χ0v) is 18.5. The van der Waals surface area contributed by atoms with Gasteiger partial charge in [-0.05, 0) is 61.4 Å². The number of benzene rings is 2. The number of hydrogen-bond acceptors (Lipinski definition) is 3. The maximum absolute atomic E-state index is 13.6. The number of hydrogen-bond donors (Lipinski definition) is 0. The fraction of sp³-hybridized carbons (Fsp3) is 0.458. The van der Waals surface area contributed by atoms with E-state index < -0.39 is 32.2 Å². The third-order valence-electron chi connectivity index (χ3n) is 6.86. The lowest BCUT2D eigenvalue weighted by Crippen LogP contribution is -2.54. The molecule has 1 aliphatic heterocycles. The van der Waals surface area contributed by atoms with Gasteiger partial charge in [0.25, 0.3) is 0 Å². The van der Waals surface area contributed by atoms with Crippen LogP contribution in [0.2, 0.25) is 0 Å². The lowest BCUT2D eigenvalue weighted by atomic mass is 9.89. The predicted molar refractivity (Wildman–Crippen MR) is 115 cm³/mol. The molecule has 2 aromatic carbocycles. The molecule has 0 unspecified atom stereocenters. The van der Waals surface area contributed by atoms with Gasteiger partial charge in [-0.15, -0.1) is 0 Å². The first-order chi connectivity index (χ1) is 15.1. The molecule has 4 rings (SSSR count). The number of rotatable bonds is 4. The number of nitrogens with zero attached hydrogens (tertiary/aromatic N) is 1. The lowest BCUT2D eigenvalue weighted by Gasteiger charge is -2.38. The van der Waals surface area contributed by atoms with E-state index in [0.29, 0.717) is 31.8 Å². The van der Waals surface area contributed by atoms with Crippen LogP contribution in [0.3, 0.4) is 0 Å². The van der Waals surface area contributed by atoms with Gasteiger partial charge >= 0.3 is 6.18 Å². The highest BCUT2D eigenvalue weighted by Crippen LogP contribution is 2.43. The number of alkyl halides is 3. The first-order valence-corrected chi connectivity index (χ1v) is 12.4. The molecule has 0 aromatic heterocycles. The summed E-state index contributed by atoms with van der Waals surface area (Å²) in [5.41, 5.74) is 0.304. The number of halogens is 3. The second kappa shape index (κ2) is 8.54. The van der Waals surface area contributed by atoms with Crippen molar-refractivity contribution in [1.29, 1.82) is 0 Å². The van der Waals surface area contributed by atoms with Crippen LogP contribution in [0.1, 0.15) is 55.6 Å². The molecule has 0 bridgehead atoms. The summed E-state index contributed by atoms with van der Waals surface area (Å²) in [6.07, 6.45) is -1.43. The van der Waals surface area contributed by atoms with Crippen molar-refractivity contribution in [2.45, 2.75) is 60.3 Å². The second-order valence-corrected chi connectivity index (χ2v) is 11.0. The second-order valence-electron chi connectivity index (χ2n) is 8.70. The minimum absolute atomic E-state index is 0.202. The van der Waals surface area contributed by atoms with Crippen LogP contribution in [0.4, 0.5) is 13.2 Å². The van der Waals surface area contributed by atoms with E-state index in [2.05, 4.69) is 12.1 Å². The minimum atomic E-state index is -4.55. The van der Waals surface area contributed by atoms with Gasteiger partial charge in [0, 0.05) is 13.1 Å². The summed E-state index contributed by atoms with van der Waals surface area (Å²) >= 11 is 0. The number of piperidine rings is 1. The number of carbonyl (C=O) groups excluding carboxylic acids is 1. The van der Waals surface area contributed by atoms with Gasteiger partial charge in [-0.25, -0.2) is 8.42 Å². The molecule has 1 amide bonds. The molecule has 1 heterocycles. The van der Waals surface area contributed by atoms with Gasteiger partial charge in [0.15, 0.2) is 14.6 Å². The van der Waals surface area contributed by atoms with Gasteiger partial charge in [-0.3, -0.25) is 4.79 Å². The first-order valence-electron chi connectivity index (χ1n) is 10.9. The van der Waals surface area contributed by atoms with Crippen LogP contribution in [0.15, 0.2) is 59.5 Å². The Hall–Kier alpha value is -2.35. The molecule has 32 heavy (non-hydrogen) atoms. The minimum Gasteiger partial charge on any atom is -0.341 e. The molecule has 0 atom stereocenters. The van der Waals surface area contributed by atoms with E-state index in [1.165, 1.54) is 5.56 Å². The largest absolute Gasteiger partial charge is 0.416 e. The molecule has 1 aliphatic carbocycles. The summed E-state index contributed by atoms with van der Waals surface area (Å²) in [5, 5.41) is 0. The highest BCUT2D eigenvalue weighted by molar-refractivity contribution is 7.93. The van der Waals surface area contributed by atoms with Crippen molar-refractivity contribution in [3.63, 3.8) is 0 Å². The number of likely N-dealkylation sites (tertiary alicyclic amines) is 1. The first kappa shape index (κ1) is 22.8. The molecule has 0 N–H and O–H groups in total. The highest BCUT2D eigenvalue weighted by Gasteiger charge is 2.54. The van der Waals surface area contributed by atoms with Crippen molar-refractivity contribution in [3.05, 3.63) is 65.7 Å². The van der Waals surface area contributed by atoms with E-state index in [0.717, 1.165) is 37.1 Å². The van der Waals surface area contributed by atoms with E-state index >= 15 is 0 Å². The van der Waals surface area contributed by atoms with Crippen molar-refractivity contribution < 1.29 is 26.4 Å². The van der Waals surface area contributed by atoms with Gasteiger partial charge in [-0.2, -0.15) is 13.2 Å². The zero-order chi connectivity index (χ0) is 23.0. The van der Waals surface area contributed by atoms with Crippen LogP contribution in [0.5, 0.6) is 0 Å². The van der Waals surface area contributed by atoms with Crippen LogP contribution in [0.25, 0.3) is 0 Å². The third kappa shape index (κ3) is 4.05. The summed E-state index contributed by atoms with van der Waals surface area (Å²) in [4.78, 5) is 15.0. The quantitative estimate of drug-likeness (QED) is 0.624. The topological polar surface area (TPSA) is 54.5 Å². The predicted octanol–water partition coefficient (Wildman–Crippen LogP) is 5.20. The Morgan fingerprint density at radius 3 is 2.00 bits per heavy atom. The van der Waals surface area contributed by atoms with Crippen LogP contribution in [0, 0.1) is 0 Å². The molecular formula is C24H26F3NO3S. The van der Waals surface area contributed by atoms with Crippen LogP contribution < -0.4 is 0 Å². The van der Waals surface area contributed by atoms with E-state index in [-0.39, 0.29) is 17.7 Å². The zero-order valence-electron chi connectivity index (χ0n) is 17.6. The fourth-order valence-electron chi connectivity index (χ4n) is 5.02. The Kier molecular flexibility index (Phi) is 6.09. The molecule has 8 heteroatoms. The molecule has 172 valence electrons. The molecule has 1 saturated heterocycles. The van der Waals surface area contributed by atoms with E-state index in [9.17, 15) is 26.4 Å². The Labute approximate surface area is 186 Å². The molecule has 1 saturated carbocycles. The third-order valence-corrected chi connectivity index (χ3v) is 9.36. The molecule has 4 nitrogen and oxygen atoms in total. The van der Waals surface area contributed by atoms with Crippen molar-refractivity contribution in [3.8, 4) is 0 Å². The standard InChI is InChI=1S/C24H26F3NO3S/c25-24(26,27)20-8-10-21(11-9-20)32(30,31)23(14-4-5-15-23)22(29)28-16-12-19(13-17-28)18-6-2-1-3-7-18/h1-3,6-11,19H,4-5,12-17H2. The van der Waals surface area contributed by atoms with Crippen LogP contribution in [-0.4, -0.2) is 37.1 Å². The van der Waals surface area contributed by atoms with Crippen molar-refractivity contribution >= 4 is 15.7 Å². The summed E-state index contributed by atoms with van der Waals surface area (Å²) in [6.45, 7) is 0.950. The summed E-state index contributed by atoms with van der Waals surface area (Å²) in [6, 6.07) is 13.6. The monoisotopic (exact) mass is 465 g/mol. The Morgan fingerprint density at radius 2 is 1.47 bits per heavy atom. The summed E-state index contributed by atoms with van der Waals surface area (Å²) in [7, 11) is -4.14. The van der Waals surface area contributed by atoms with Crippen LogP contribution in [-0.2, 0) is 20.8 Å². The summed E-state index contributed by atoms with van der Waals surface area (Å²) in [5.74, 6) is -0.0762. The average molecular weight is 466 g/mol. The Morgan fingerprint density at radius 1 is 0.906 bits per heavy atom. The lowest BCUT2D eigenvalue weighted by molar-refractivity contribution is -0.137. The van der Waals surface area contributed by atoms with E-state index in [1.807, 2.05) is 18.2 Å². The highest BCUT2D eigenvalue weighted by atomic mass is 32.2. The van der Waals surface area contributed by atoms with Gasteiger partial charge in [0.05, 0.1) is 10.5 Å². The number of carbonyl (C=O) groups is 1. The van der Waals surface area contributed by atoms with Crippen LogP contribution >= 0.6 is 0 Å². The maximum Gasteiger partial charge on any atom is 0.416 e. The molecule has 2 fully saturated rings. The normalized spacial score (nSPS) is 19.8. The number of sulfone groups is 1. The van der Waals surface area contributed by atoms with Gasteiger partial charge in [-0.1, -0.05) is 43.2 Å². The molecular weight excluding hydrogens is 439 g/mol. The SMILES string of the molecule is O=C(N1CCC(c2ccccc2)CC1)C1(S(=O)(=O)c2ccc(C(F)(F)F)cc2)CCCC1. The van der Waals surface area contributed by atoms with Gasteiger partial charge < -0.3 is 4.90 Å². The molecule has 2 aromatic rings. The van der Waals surface area contributed by atoms with Crippen molar-refractivity contribution in [2.24, 2.45) is 0 Å². The summed E-state index contributed by atoms with van der Waals surface area (Å²) < 4.78 is 64.2. The Balaban J connectivity index is 1.56. The van der Waals surface area contributed by atoms with Gasteiger partial charge in [0.1, 0.15) is 0 Å². The number of amides is 1. The molecule has 2 aliphatic rings. The fourth-order valence-corrected chi connectivity index (χ4v) is 7.15. The van der Waals surface area contributed by atoms with Crippen molar-refractivity contribution in [1.82, 2.24) is 4.90 Å². The molecule has 0 spiro atoms. The van der Waals surface area contributed by atoms with E-state index in [4.69, 9.17) is 0 Å². The van der Waals surface area contributed by atoms with E-state index in [1.54, 1.807) is 4.90 Å². The molecule has 0 radical (unpaired) electrons. The Bertz CT molecular complexity index is 1050. The maximum atomic E-state index is 13.6. The van der Waals surface area contributed by atoms with Gasteiger partial charge in [0.2, 0.25) is 5.91 Å².